The maximum absolute atomic E-state index is 12.2. The van der Waals surface area contributed by atoms with Crippen LogP contribution in [-0.2, 0) is 20.3 Å². The molecule has 1 N–H and O–H groups in total. The molecule has 19 heavy (non-hydrogen) atoms. The molecule has 0 aromatic rings. The summed E-state index contributed by atoms with van der Waals surface area (Å²) in [5.74, 6) is -0.696. The van der Waals surface area contributed by atoms with Crippen molar-refractivity contribution in [2.75, 3.05) is 5.75 Å². The van der Waals surface area contributed by atoms with Gasteiger partial charge in [-0.25, -0.2) is 0 Å². The van der Waals surface area contributed by atoms with Crippen LogP contribution < -0.4 is 0 Å². The summed E-state index contributed by atoms with van der Waals surface area (Å²) in [7, 11) is -1.35. The fourth-order valence-electron chi connectivity index (χ4n) is 3.39. The third-order valence-corrected chi connectivity index (χ3v) is 6.35. The molecule has 1 heterocycles. The highest BCUT2D eigenvalue weighted by atomic mass is 32.2. The second kappa shape index (κ2) is 5.92. The van der Waals surface area contributed by atoms with Crippen LogP contribution in [0.15, 0.2) is 0 Å². The number of rotatable bonds is 5. The molecule has 110 valence electrons. The van der Waals surface area contributed by atoms with Gasteiger partial charge in [0.05, 0.1) is 17.5 Å². The maximum atomic E-state index is 12.2. The van der Waals surface area contributed by atoms with Crippen molar-refractivity contribution in [3.05, 3.63) is 0 Å². The Morgan fingerprint density at radius 1 is 1.37 bits per heavy atom. The molecule has 1 saturated carbocycles. The summed E-state index contributed by atoms with van der Waals surface area (Å²) in [6.45, 7) is 3.62. The zero-order chi connectivity index (χ0) is 14.0. The summed E-state index contributed by atoms with van der Waals surface area (Å²) < 4.78 is 18.3. The quantitative estimate of drug-likeness (QED) is 0.843. The first kappa shape index (κ1) is 15.0. The van der Waals surface area contributed by atoms with Crippen LogP contribution in [0, 0.1) is 5.92 Å². The largest absolute Gasteiger partial charge is 0.480 e. The highest BCUT2D eigenvalue weighted by molar-refractivity contribution is 7.86. The van der Waals surface area contributed by atoms with Crippen LogP contribution in [0.2, 0.25) is 0 Å². The van der Waals surface area contributed by atoms with Gasteiger partial charge in [0.25, 0.3) is 0 Å². The van der Waals surface area contributed by atoms with E-state index in [1.807, 2.05) is 13.8 Å². The number of hydrogen-bond acceptors (Lipinski definition) is 3. The van der Waals surface area contributed by atoms with Crippen molar-refractivity contribution in [3.63, 3.8) is 0 Å². The van der Waals surface area contributed by atoms with E-state index in [-0.39, 0.29) is 17.6 Å². The number of carbonyl (C=O) groups is 1. The van der Waals surface area contributed by atoms with Crippen molar-refractivity contribution in [1.82, 2.24) is 0 Å². The molecule has 0 aromatic heterocycles. The van der Waals surface area contributed by atoms with Gasteiger partial charge in [-0.05, 0) is 31.6 Å². The van der Waals surface area contributed by atoms with E-state index in [1.165, 1.54) is 12.8 Å². The first-order chi connectivity index (χ1) is 8.93. The molecule has 2 aliphatic rings. The third-order valence-electron chi connectivity index (χ3n) is 4.34. The Bertz CT molecular complexity index is 360. The SMILES string of the molecule is CC(C)C(C(=O)O)S(=O)CC1CCC2(CCCC2)O1. The molecule has 3 atom stereocenters. The summed E-state index contributed by atoms with van der Waals surface area (Å²) in [5.41, 5.74) is 0.0332. The average molecular weight is 288 g/mol. The molecule has 3 unspecified atom stereocenters. The van der Waals surface area contributed by atoms with E-state index in [1.54, 1.807) is 0 Å². The van der Waals surface area contributed by atoms with E-state index in [0.29, 0.717) is 5.75 Å². The molecule has 0 radical (unpaired) electrons. The Hall–Kier alpha value is -0.420. The summed E-state index contributed by atoms with van der Waals surface area (Å²) in [5, 5.41) is 8.38. The average Bonchev–Trinajstić information content (AvgIpc) is 2.89. The molecular weight excluding hydrogens is 264 g/mol. The van der Waals surface area contributed by atoms with Crippen molar-refractivity contribution >= 4 is 16.8 Å². The Kier molecular flexibility index (Phi) is 4.66. The van der Waals surface area contributed by atoms with E-state index in [2.05, 4.69) is 0 Å². The Balaban J connectivity index is 1.91. The van der Waals surface area contributed by atoms with E-state index >= 15 is 0 Å². The molecular formula is C14H24O4S. The summed E-state index contributed by atoms with van der Waals surface area (Å²) >= 11 is 0. The van der Waals surface area contributed by atoms with Crippen molar-refractivity contribution < 1.29 is 18.8 Å². The van der Waals surface area contributed by atoms with Gasteiger partial charge in [-0.2, -0.15) is 0 Å². The summed E-state index contributed by atoms with van der Waals surface area (Å²) in [6.07, 6.45) is 6.63. The van der Waals surface area contributed by atoms with Crippen molar-refractivity contribution in [2.45, 2.75) is 69.3 Å². The molecule has 1 saturated heterocycles. The van der Waals surface area contributed by atoms with Gasteiger partial charge in [0.1, 0.15) is 5.25 Å². The lowest BCUT2D eigenvalue weighted by atomic mass is 9.98. The van der Waals surface area contributed by atoms with E-state index < -0.39 is 22.0 Å². The standard InChI is InChI=1S/C14H24O4S/c1-10(2)12(13(15)16)19(17)9-11-5-8-14(18-11)6-3-4-7-14/h10-12H,3-9H2,1-2H3,(H,15,16). The predicted octanol–water partition coefficient (Wildman–Crippen LogP) is 2.34. The topological polar surface area (TPSA) is 63.6 Å². The molecule has 0 bridgehead atoms. The Morgan fingerprint density at radius 3 is 2.53 bits per heavy atom. The first-order valence-electron chi connectivity index (χ1n) is 7.21. The lowest BCUT2D eigenvalue weighted by molar-refractivity contribution is -0.137. The van der Waals surface area contributed by atoms with Gasteiger partial charge in [0, 0.05) is 10.8 Å². The van der Waals surface area contributed by atoms with Gasteiger partial charge in [-0.1, -0.05) is 26.7 Å². The van der Waals surface area contributed by atoms with Crippen LogP contribution in [0.25, 0.3) is 0 Å². The summed E-state index contributed by atoms with van der Waals surface area (Å²) in [6, 6.07) is 0. The zero-order valence-electron chi connectivity index (χ0n) is 11.8. The second-order valence-electron chi connectivity index (χ2n) is 6.22. The van der Waals surface area contributed by atoms with Gasteiger partial charge in [-0.15, -0.1) is 0 Å². The normalized spacial score (nSPS) is 28.9. The number of hydrogen-bond donors (Lipinski definition) is 1. The minimum Gasteiger partial charge on any atom is -0.480 e. The highest BCUT2D eigenvalue weighted by Crippen LogP contribution is 2.43. The molecule has 1 aliphatic carbocycles. The monoisotopic (exact) mass is 288 g/mol. The molecule has 1 aliphatic heterocycles. The van der Waals surface area contributed by atoms with Crippen LogP contribution in [0.3, 0.4) is 0 Å². The van der Waals surface area contributed by atoms with Crippen LogP contribution >= 0.6 is 0 Å². The molecule has 0 aromatic carbocycles. The smallest absolute Gasteiger partial charge is 0.319 e. The van der Waals surface area contributed by atoms with Crippen LogP contribution in [-0.4, -0.2) is 38.0 Å². The van der Waals surface area contributed by atoms with Crippen LogP contribution in [0.5, 0.6) is 0 Å². The van der Waals surface area contributed by atoms with E-state index in [0.717, 1.165) is 25.7 Å². The minimum atomic E-state index is -1.35. The van der Waals surface area contributed by atoms with Crippen LogP contribution in [0.1, 0.15) is 52.4 Å². The summed E-state index contributed by atoms with van der Waals surface area (Å²) in [4.78, 5) is 11.2. The fourth-order valence-corrected chi connectivity index (χ4v) is 5.03. The van der Waals surface area contributed by atoms with Crippen LogP contribution in [0.4, 0.5) is 0 Å². The Labute approximate surface area is 117 Å². The van der Waals surface area contributed by atoms with Gasteiger partial charge in [0.2, 0.25) is 0 Å². The van der Waals surface area contributed by atoms with Crippen molar-refractivity contribution in [1.29, 1.82) is 0 Å². The van der Waals surface area contributed by atoms with Gasteiger partial charge < -0.3 is 9.84 Å². The minimum absolute atomic E-state index is 0.0143. The molecule has 1 spiro atoms. The third kappa shape index (κ3) is 3.37. The number of carboxylic acid groups (broad SMARTS) is 1. The molecule has 2 rings (SSSR count). The zero-order valence-corrected chi connectivity index (χ0v) is 12.6. The molecule has 4 nitrogen and oxygen atoms in total. The van der Waals surface area contributed by atoms with E-state index in [4.69, 9.17) is 9.84 Å². The molecule has 2 fully saturated rings. The lowest BCUT2D eigenvalue weighted by Crippen LogP contribution is -2.36. The van der Waals surface area contributed by atoms with Gasteiger partial charge in [-0.3, -0.25) is 9.00 Å². The lowest BCUT2D eigenvalue weighted by Gasteiger charge is -2.24. The molecule has 5 heteroatoms. The van der Waals surface area contributed by atoms with Gasteiger partial charge in [0.15, 0.2) is 0 Å². The predicted molar refractivity (Wildman–Crippen MR) is 74.6 cm³/mol. The molecule has 0 amide bonds. The number of carboxylic acids is 1. The first-order valence-corrected chi connectivity index (χ1v) is 8.59. The van der Waals surface area contributed by atoms with E-state index in [9.17, 15) is 9.00 Å². The number of ether oxygens (including phenoxy) is 1. The second-order valence-corrected chi connectivity index (χ2v) is 7.82. The van der Waals surface area contributed by atoms with Crippen molar-refractivity contribution in [2.24, 2.45) is 5.92 Å². The maximum Gasteiger partial charge on any atom is 0.319 e. The Morgan fingerprint density at radius 2 is 2.00 bits per heavy atom. The number of aliphatic carboxylic acids is 1. The van der Waals surface area contributed by atoms with Crippen molar-refractivity contribution in [3.8, 4) is 0 Å². The van der Waals surface area contributed by atoms with Gasteiger partial charge >= 0.3 is 5.97 Å². The highest BCUT2D eigenvalue weighted by Gasteiger charge is 2.43. The fraction of sp³-hybridized carbons (Fsp3) is 0.929.